The quantitative estimate of drug-likeness (QED) is 0.182. The molecule has 0 radical (unpaired) electrons. The van der Waals surface area contributed by atoms with Gasteiger partial charge < -0.3 is 9.47 Å². The molecular weight excluding hydrogens is 603 g/mol. The third kappa shape index (κ3) is 4.17. The molecule has 0 aliphatic carbocycles. The number of para-hydroxylation sites is 2. The molecule has 6 heteroatoms. The molecule has 218 valence electrons. The molecule has 0 saturated heterocycles. The van der Waals surface area contributed by atoms with Crippen LogP contribution in [0, 0.1) is 0 Å². The minimum absolute atomic E-state index is 0.765. The van der Waals surface area contributed by atoms with Crippen LogP contribution in [-0.4, -0.2) is 9.97 Å². The molecule has 0 amide bonds. The highest BCUT2D eigenvalue weighted by Crippen LogP contribution is 2.60. The van der Waals surface area contributed by atoms with Crippen LogP contribution in [0.3, 0.4) is 0 Å². The molecule has 0 saturated carbocycles. The number of benzene rings is 5. The SMILES string of the molecule is S=P12c3cccc(-c4ccc(-c5ccccn5)cc4)c3Oc3cccc(c31)Oc1c(-c3ccc(-c4ccccn4)cc3)cccc12. The molecule has 0 unspecified atom stereocenters. The van der Waals surface area contributed by atoms with Gasteiger partial charge in [0.15, 0.2) is 0 Å². The van der Waals surface area contributed by atoms with E-state index in [2.05, 4.69) is 94.9 Å². The normalized spacial score (nSPS) is 13.4. The summed E-state index contributed by atoms with van der Waals surface area (Å²) in [6.45, 7) is 0. The molecule has 0 fully saturated rings. The van der Waals surface area contributed by atoms with E-state index in [0.717, 1.165) is 83.7 Å². The molecule has 9 rings (SSSR count). The van der Waals surface area contributed by atoms with E-state index in [1.54, 1.807) is 0 Å². The maximum absolute atomic E-state index is 6.88. The summed E-state index contributed by atoms with van der Waals surface area (Å²) in [5, 5.41) is 3.07. The molecule has 0 N–H and O–H groups in total. The van der Waals surface area contributed by atoms with Crippen molar-refractivity contribution >= 4 is 33.8 Å². The highest BCUT2D eigenvalue weighted by atomic mass is 32.4. The summed E-state index contributed by atoms with van der Waals surface area (Å²) in [4.78, 5) is 9.02. The second kappa shape index (κ2) is 10.6. The Bertz CT molecular complexity index is 2170. The number of rotatable bonds is 4. The molecule has 5 aromatic carbocycles. The average molecular weight is 629 g/mol. The summed E-state index contributed by atoms with van der Waals surface area (Å²) in [6, 6.07) is 45.1. The number of aromatic nitrogens is 2. The van der Waals surface area contributed by atoms with Gasteiger partial charge in [-0.25, -0.2) is 0 Å². The third-order valence-corrected chi connectivity index (χ3v) is 13.5. The Morgan fingerprint density at radius 2 is 0.870 bits per heavy atom. The molecule has 4 heterocycles. The summed E-state index contributed by atoms with van der Waals surface area (Å²) < 4.78 is 13.5. The minimum atomic E-state index is -2.56. The van der Waals surface area contributed by atoms with Crippen LogP contribution < -0.4 is 25.4 Å². The fourth-order valence-corrected chi connectivity index (χ4v) is 11.0. The first-order valence-corrected chi connectivity index (χ1v) is 17.9. The predicted octanol–water partition coefficient (Wildman–Crippen LogP) is 9.11. The summed E-state index contributed by atoms with van der Waals surface area (Å²) in [7, 11) is 0. The van der Waals surface area contributed by atoms with Crippen LogP contribution in [0.15, 0.2) is 152 Å². The lowest BCUT2D eigenvalue weighted by molar-refractivity contribution is 0.468. The smallest absolute Gasteiger partial charge is 0.144 e. The summed E-state index contributed by atoms with van der Waals surface area (Å²) >= 11 is 6.88. The van der Waals surface area contributed by atoms with E-state index in [1.165, 1.54) is 0 Å². The van der Waals surface area contributed by atoms with Crippen LogP contribution in [0.4, 0.5) is 0 Å². The van der Waals surface area contributed by atoms with Crippen molar-refractivity contribution < 1.29 is 9.47 Å². The van der Waals surface area contributed by atoms with Crippen molar-refractivity contribution in [3.63, 3.8) is 0 Å². The highest BCUT2D eigenvalue weighted by Gasteiger charge is 2.43. The summed E-state index contributed by atoms with van der Waals surface area (Å²) in [6.07, 6.45) is 3.63. The maximum Gasteiger partial charge on any atom is 0.144 e. The van der Waals surface area contributed by atoms with Crippen molar-refractivity contribution in [2.45, 2.75) is 0 Å². The fourth-order valence-electron chi connectivity index (χ4n) is 6.49. The van der Waals surface area contributed by atoms with Gasteiger partial charge >= 0.3 is 0 Å². The maximum atomic E-state index is 6.88. The zero-order valence-electron chi connectivity index (χ0n) is 24.5. The van der Waals surface area contributed by atoms with Crippen molar-refractivity contribution in [1.82, 2.24) is 9.97 Å². The lowest BCUT2D eigenvalue weighted by Gasteiger charge is -2.38. The second-order valence-electron chi connectivity index (χ2n) is 11.3. The lowest BCUT2D eigenvalue weighted by Crippen LogP contribution is -2.35. The van der Waals surface area contributed by atoms with E-state index < -0.39 is 6.04 Å². The van der Waals surface area contributed by atoms with Gasteiger partial charge in [0.2, 0.25) is 0 Å². The average Bonchev–Trinajstić information content (AvgIpc) is 3.12. The Labute approximate surface area is 272 Å². The first-order chi connectivity index (χ1) is 22.7. The van der Waals surface area contributed by atoms with E-state index in [1.807, 2.05) is 67.0 Å². The van der Waals surface area contributed by atoms with E-state index >= 15 is 0 Å². The number of ether oxygens (including phenoxy) is 2. The van der Waals surface area contributed by atoms with Crippen LogP contribution in [0.1, 0.15) is 0 Å². The monoisotopic (exact) mass is 628 g/mol. The zero-order valence-corrected chi connectivity index (χ0v) is 26.2. The Kier molecular flexibility index (Phi) is 6.24. The second-order valence-corrected chi connectivity index (χ2v) is 15.6. The van der Waals surface area contributed by atoms with Gasteiger partial charge in [-0.05, 0) is 59.7 Å². The van der Waals surface area contributed by atoms with Crippen LogP contribution in [-0.2, 0) is 11.8 Å². The standard InChI is InChI=1S/C40H25N2O2PS/c46-45-36-14-5-8-30(26-16-20-28(21-17-26)32-10-1-3-24-41-32)38(36)43-34-12-7-13-35(40(34)45)44-39-31(9-6-15-37(39)45)27-18-22-29(23-19-27)33-11-2-4-25-42-33/h1-25H. The van der Waals surface area contributed by atoms with Gasteiger partial charge in [0, 0.05) is 45.3 Å². The van der Waals surface area contributed by atoms with Crippen molar-refractivity contribution in [2.75, 3.05) is 0 Å². The van der Waals surface area contributed by atoms with Crippen LogP contribution in [0.2, 0.25) is 0 Å². The van der Waals surface area contributed by atoms with E-state index in [9.17, 15) is 0 Å². The van der Waals surface area contributed by atoms with Gasteiger partial charge in [-0.2, -0.15) is 0 Å². The molecule has 46 heavy (non-hydrogen) atoms. The van der Waals surface area contributed by atoms with Crippen molar-refractivity contribution in [2.24, 2.45) is 0 Å². The largest absolute Gasteiger partial charge is 0.455 e. The number of nitrogens with zero attached hydrogens (tertiary/aromatic N) is 2. The lowest BCUT2D eigenvalue weighted by atomic mass is 10.0. The number of fused-ring (bicyclic) bond motifs is 4. The molecule has 0 bridgehead atoms. The molecule has 0 spiro atoms. The van der Waals surface area contributed by atoms with Crippen LogP contribution >= 0.6 is 6.04 Å². The molecular formula is C40H25N2O2PS. The Morgan fingerprint density at radius 1 is 0.435 bits per heavy atom. The Morgan fingerprint density at radius 3 is 1.30 bits per heavy atom. The first-order valence-electron chi connectivity index (χ1n) is 15.1. The number of pyridine rings is 2. The van der Waals surface area contributed by atoms with Crippen molar-refractivity contribution in [3.8, 4) is 67.8 Å². The van der Waals surface area contributed by atoms with E-state index in [4.69, 9.17) is 21.3 Å². The van der Waals surface area contributed by atoms with Crippen LogP contribution in [0.5, 0.6) is 23.0 Å². The molecule has 2 aromatic heterocycles. The Hall–Kier alpha value is -5.35. The molecule has 7 aromatic rings. The molecule has 2 aliphatic heterocycles. The van der Waals surface area contributed by atoms with Gasteiger partial charge in [-0.1, -0.05) is 103 Å². The highest BCUT2D eigenvalue weighted by molar-refractivity contribution is 8.26. The van der Waals surface area contributed by atoms with Gasteiger partial charge in [-0.3, -0.25) is 9.97 Å². The van der Waals surface area contributed by atoms with Gasteiger partial charge in [-0.15, -0.1) is 0 Å². The fraction of sp³-hybridized carbons (Fsp3) is 0. The predicted molar refractivity (Wildman–Crippen MR) is 190 cm³/mol. The zero-order chi connectivity index (χ0) is 30.7. The summed E-state index contributed by atoms with van der Waals surface area (Å²) in [5.41, 5.74) is 8.17. The molecule has 0 atom stereocenters. The molecule has 2 aliphatic rings. The minimum Gasteiger partial charge on any atom is -0.455 e. The topological polar surface area (TPSA) is 44.2 Å². The van der Waals surface area contributed by atoms with Crippen molar-refractivity contribution in [1.29, 1.82) is 0 Å². The van der Waals surface area contributed by atoms with Crippen molar-refractivity contribution in [3.05, 3.63) is 152 Å². The van der Waals surface area contributed by atoms with E-state index in [0.29, 0.717) is 0 Å². The number of hydrogen-bond acceptors (Lipinski definition) is 5. The molecule has 4 nitrogen and oxygen atoms in total. The Balaban J connectivity index is 1.19. The van der Waals surface area contributed by atoms with Crippen LogP contribution in [0.25, 0.3) is 44.8 Å². The first kappa shape index (κ1) is 27.0. The van der Waals surface area contributed by atoms with Gasteiger partial charge in [0.25, 0.3) is 0 Å². The summed E-state index contributed by atoms with van der Waals surface area (Å²) in [5.74, 6) is 3.17. The van der Waals surface area contributed by atoms with E-state index in [-0.39, 0.29) is 0 Å². The van der Waals surface area contributed by atoms with Gasteiger partial charge in [0.05, 0.1) is 22.7 Å². The number of hydrogen-bond donors (Lipinski definition) is 0. The third-order valence-electron chi connectivity index (χ3n) is 8.68. The van der Waals surface area contributed by atoms with Gasteiger partial charge in [0.1, 0.15) is 23.0 Å².